The summed E-state index contributed by atoms with van der Waals surface area (Å²) >= 11 is 0. The zero-order valence-corrected chi connectivity index (χ0v) is 23.9. The van der Waals surface area contributed by atoms with Crippen molar-refractivity contribution in [3.8, 4) is 0 Å². The molecule has 0 spiro atoms. The number of carbonyl (C=O) groups excluding carboxylic acids is 1. The second-order valence-corrected chi connectivity index (χ2v) is 11.2. The van der Waals surface area contributed by atoms with Gasteiger partial charge in [0, 0.05) is 31.4 Å². The summed E-state index contributed by atoms with van der Waals surface area (Å²) < 4.78 is 21.1. The van der Waals surface area contributed by atoms with E-state index in [9.17, 15) is 4.79 Å². The molecule has 40 heavy (non-hydrogen) atoms. The summed E-state index contributed by atoms with van der Waals surface area (Å²) in [5.74, 6) is -0.436. The van der Waals surface area contributed by atoms with Gasteiger partial charge in [0.25, 0.3) is 0 Å². The van der Waals surface area contributed by atoms with E-state index in [0.717, 1.165) is 30.6 Å². The molecule has 12 nitrogen and oxygen atoms in total. The van der Waals surface area contributed by atoms with Gasteiger partial charge in [-0.3, -0.25) is 14.4 Å². The van der Waals surface area contributed by atoms with Gasteiger partial charge < -0.3 is 25.7 Å². The van der Waals surface area contributed by atoms with Gasteiger partial charge in [0.15, 0.2) is 23.5 Å². The van der Waals surface area contributed by atoms with Crippen LogP contribution in [0.3, 0.4) is 0 Å². The van der Waals surface area contributed by atoms with Crippen LogP contribution in [0.5, 0.6) is 0 Å². The predicted octanol–water partition coefficient (Wildman–Crippen LogP) is 3.07. The highest BCUT2D eigenvalue weighted by molar-refractivity contribution is 5.90. The fourth-order valence-electron chi connectivity index (χ4n) is 5.62. The first-order chi connectivity index (χ1) is 19.1. The molecule has 1 aromatic carbocycles. The molecule has 5 rings (SSSR count). The molecule has 4 atom stereocenters. The molecule has 0 saturated carbocycles. The Hall–Kier alpha value is -3.32. The van der Waals surface area contributed by atoms with Gasteiger partial charge in [-0.15, -0.1) is 0 Å². The van der Waals surface area contributed by atoms with Gasteiger partial charge in [0.1, 0.15) is 30.2 Å². The number of anilines is 2. The minimum Gasteiger partial charge on any atom is -0.382 e. The molecule has 4 N–H and O–H groups in total. The minimum atomic E-state index is -0.752. The quantitative estimate of drug-likeness (QED) is 0.387. The highest BCUT2D eigenvalue weighted by Crippen LogP contribution is 2.44. The van der Waals surface area contributed by atoms with Crippen LogP contribution in [0.2, 0.25) is 0 Å². The third-order valence-electron chi connectivity index (χ3n) is 7.65. The summed E-state index contributed by atoms with van der Waals surface area (Å²) in [4.78, 5) is 29.1. The van der Waals surface area contributed by atoms with Crippen LogP contribution in [0.1, 0.15) is 52.8 Å². The maximum absolute atomic E-state index is 12.3. The summed E-state index contributed by atoms with van der Waals surface area (Å²) in [5, 5.41) is 0. The van der Waals surface area contributed by atoms with Crippen LogP contribution < -0.4 is 16.4 Å². The van der Waals surface area contributed by atoms with E-state index in [1.165, 1.54) is 6.33 Å². The lowest BCUT2D eigenvalue weighted by Crippen LogP contribution is -2.44. The second-order valence-electron chi connectivity index (χ2n) is 11.2. The summed E-state index contributed by atoms with van der Waals surface area (Å²) in [6, 6.07) is 7.75. The molecular formula is C28H40N8O4. The number of nitrogen functional groups attached to an aromatic ring is 1. The number of carbonyl (C=O) groups is 1. The number of urea groups is 1. The van der Waals surface area contributed by atoms with E-state index < -0.39 is 18.0 Å². The van der Waals surface area contributed by atoms with Crippen molar-refractivity contribution in [2.24, 2.45) is 5.73 Å². The molecule has 2 aliphatic heterocycles. The van der Waals surface area contributed by atoms with Crippen molar-refractivity contribution in [3.05, 3.63) is 42.5 Å². The number of imidazole rings is 1. The van der Waals surface area contributed by atoms with E-state index >= 15 is 0 Å². The summed E-state index contributed by atoms with van der Waals surface area (Å²) in [5.41, 5.74) is 14.9. The third-order valence-corrected chi connectivity index (χ3v) is 7.65. The van der Waals surface area contributed by atoms with E-state index in [-0.39, 0.29) is 24.4 Å². The maximum Gasteiger partial charge on any atom is 0.319 e. The molecule has 216 valence electrons. The Kier molecular flexibility index (Phi) is 7.96. The smallest absolute Gasteiger partial charge is 0.319 e. The van der Waals surface area contributed by atoms with Gasteiger partial charge in [0.2, 0.25) is 0 Å². The Morgan fingerprint density at radius 3 is 2.65 bits per heavy atom. The Bertz CT molecular complexity index is 1340. The van der Waals surface area contributed by atoms with E-state index in [1.54, 1.807) is 11.2 Å². The number of hydrogen-bond donors (Lipinski definition) is 2. The molecule has 0 bridgehead atoms. The van der Waals surface area contributed by atoms with E-state index in [1.807, 2.05) is 36.6 Å². The third kappa shape index (κ3) is 5.62. The number of ether oxygens (including phenoxy) is 3. The van der Waals surface area contributed by atoms with Gasteiger partial charge in [-0.25, -0.2) is 19.7 Å². The monoisotopic (exact) mass is 552 g/mol. The number of hydrogen-bond acceptors (Lipinski definition) is 9. The lowest BCUT2D eigenvalue weighted by atomic mass is 10.1. The normalized spacial score (nSPS) is 23.8. The fourth-order valence-corrected chi connectivity index (χ4v) is 5.62. The number of rotatable bonds is 10. The first-order valence-corrected chi connectivity index (χ1v) is 13.9. The fraction of sp³-hybridized carbons (Fsp3) is 0.571. The van der Waals surface area contributed by atoms with Gasteiger partial charge >= 0.3 is 6.03 Å². The second kappa shape index (κ2) is 11.3. The number of aryl methyl sites for hydroxylation is 1. The van der Waals surface area contributed by atoms with Gasteiger partial charge in [-0.1, -0.05) is 19.1 Å². The molecule has 2 aliphatic rings. The van der Waals surface area contributed by atoms with Crippen LogP contribution in [-0.4, -0.2) is 80.2 Å². The zero-order valence-electron chi connectivity index (χ0n) is 23.9. The van der Waals surface area contributed by atoms with Crippen LogP contribution >= 0.6 is 0 Å². The number of amides is 2. The van der Waals surface area contributed by atoms with Gasteiger partial charge in [-0.2, -0.15) is 0 Å². The molecule has 2 fully saturated rings. The highest BCUT2D eigenvalue weighted by Gasteiger charge is 2.56. The van der Waals surface area contributed by atoms with Gasteiger partial charge in [-0.05, 0) is 58.2 Å². The first kappa shape index (κ1) is 28.2. The van der Waals surface area contributed by atoms with Crippen molar-refractivity contribution in [1.82, 2.24) is 24.4 Å². The molecule has 3 aromatic rings. The zero-order chi connectivity index (χ0) is 28.6. The lowest BCUT2D eigenvalue weighted by Gasteiger charge is -2.32. The molecular weight excluding hydrogens is 512 g/mol. The number of fused-ring (bicyclic) bond motifs is 2. The standard InChI is InChI=1S/C28H40N8O4/c1-6-18-9-7-10-19(13-18)35(27(30)37)12-8-11-34(17(2)3)14-20-22-23(40-28(4,5)39-22)26(38-20)36-16-33-21-24(29)31-15-32-25(21)36/h7,9-10,13,15-17,20,22-23,26H,6,8,11-12,14H2,1-5H3,(H2,30,37)(H2,29,31,32)/t20-,22-,23-,26-/m1/s1. The lowest BCUT2D eigenvalue weighted by molar-refractivity contribution is -0.198. The van der Waals surface area contributed by atoms with Crippen molar-refractivity contribution in [2.45, 2.75) is 83.8 Å². The van der Waals surface area contributed by atoms with E-state index in [0.29, 0.717) is 30.1 Å². The van der Waals surface area contributed by atoms with E-state index in [4.69, 9.17) is 25.7 Å². The Morgan fingerprint density at radius 2 is 1.93 bits per heavy atom. The minimum absolute atomic E-state index is 0.239. The van der Waals surface area contributed by atoms with Crippen LogP contribution in [0.25, 0.3) is 11.2 Å². The van der Waals surface area contributed by atoms with Crippen LogP contribution in [0.4, 0.5) is 16.3 Å². The Labute approximate surface area is 234 Å². The number of primary amides is 1. The largest absolute Gasteiger partial charge is 0.382 e. The predicted molar refractivity (Wildman–Crippen MR) is 152 cm³/mol. The van der Waals surface area contributed by atoms with Crippen LogP contribution in [0, 0.1) is 0 Å². The number of nitrogens with zero attached hydrogens (tertiary/aromatic N) is 6. The molecule has 0 aliphatic carbocycles. The summed E-state index contributed by atoms with van der Waals surface area (Å²) in [7, 11) is 0. The highest BCUT2D eigenvalue weighted by atomic mass is 16.8. The number of benzene rings is 1. The summed E-state index contributed by atoms with van der Waals surface area (Å²) in [6.45, 7) is 12.1. The van der Waals surface area contributed by atoms with Crippen molar-refractivity contribution in [1.29, 1.82) is 0 Å². The van der Waals surface area contributed by atoms with E-state index in [2.05, 4.69) is 46.7 Å². The van der Waals surface area contributed by atoms with Crippen LogP contribution in [-0.2, 0) is 20.6 Å². The molecule has 2 saturated heterocycles. The Balaban J connectivity index is 1.30. The molecule has 0 unspecified atom stereocenters. The van der Waals surface area contributed by atoms with Crippen molar-refractivity contribution in [2.75, 3.05) is 30.3 Å². The maximum atomic E-state index is 12.3. The summed E-state index contributed by atoms with van der Waals surface area (Å²) in [6.07, 6.45) is 3.35. The molecule has 2 amide bonds. The van der Waals surface area contributed by atoms with Crippen LogP contribution in [0.15, 0.2) is 36.9 Å². The first-order valence-electron chi connectivity index (χ1n) is 13.9. The molecule has 4 heterocycles. The molecule has 12 heteroatoms. The SMILES string of the molecule is CCc1cccc(N(CCCN(C[C@H]2O[C@@H](n3cnc4c(N)ncnc43)[C@@H]3OC(C)(C)O[C@@H]32)C(C)C)C(N)=O)c1. The average molecular weight is 553 g/mol. The van der Waals surface area contributed by atoms with Crippen molar-refractivity contribution < 1.29 is 19.0 Å². The number of aromatic nitrogens is 4. The topological polar surface area (TPSA) is 147 Å². The number of nitrogens with two attached hydrogens (primary N) is 2. The molecule has 2 aromatic heterocycles. The van der Waals surface area contributed by atoms with Gasteiger partial charge in [0.05, 0.1) is 6.33 Å². The molecule has 0 radical (unpaired) electrons. The average Bonchev–Trinajstić information content (AvgIpc) is 3.57. The van der Waals surface area contributed by atoms with Crippen molar-refractivity contribution >= 4 is 28.7 Å². The van der Waals surface area contributed by atoms with Crippen molar-refractivity contribution in [3.63, 3.8) is 0 Å². The Morgan fingerprint density at radius 1 is 1.15 bits per heavy atom.